The number of fused-ring (bicyclic) bond motifs is 1. The van der Waals surface area contributed by atoms with Crippen LogP contribution in [0, 0.1) is 10.1 Å². The lowest BCUT2D eigenvalue weighted by Crippen LogP contribution is -2.27. The number of nitrogens with two attached hydrogens (primary N) is 1. The number of para-hydroxylation sites is 1. The molecule has 0 amide bonds. The van der Waals surface area contributed by atoms with Gasteiger partial charge in [0.15, 0.2) is 0 Å². The summed E-state index contributed by atoms with van der Waals surface area (Å²) in [6, 6.07) is 6.90. The molecule has 0 saturated carbocycles. The third-order valence-corrected chi connectivity index (χ3v) is 4.90. The van der Waals surface area contributed by atoms with Crippen LogP contribution < -0.4 is 5.73 Å². The minimum atomic E-state index is -0.321. The molecule has 0 saturated heterocycles. The van der Waals surface area contributed by atoms with Crippen molar-refractivity contribution in [1.82, 2.24) is 9.78 Å². The largest absolute Gasteiger partial charge is 0.330 e. The van der Waals surface area contributed by atoms with E-state index in [1.807, 2.05) is 12.1 Å². The number of nitro groups is 1. The summed E-state index contributed by atoms with van der Waals surface area (Å²) in [5.74, 6) is 0.319. The molecule has 2 N–H and O–H groups in total. The molecule has 6 heteroatoms. The fourth-order valence-corrected chi connectivity index (χ4v) is 3.87. The number of rotatable bonds is 4. The molecule has 1 heterocycles. The van der Waals surface area contributed by atoms with E-state index >= 15 is 0 Å². The van der Waals surface area contributed by atoms with Gasteiger partial charge in [0, 0.05) is 17.3 Å². The number of aromatic nitrogens is 2. The number of nitro benzene ring substituents is 1. The van der Waals surface area contributed by atoms with Crippen molar-refractivity contribution in [2.45, 2.75) is 57.9 Å². The minimum Gasteiger partial charge on any atom is -0.330 e. The molecule has 1 aliphatic carbocycles. The van der Waals surface area contributed by atoms with E-state index in [4.69, 9.17) is 10.8 Å². The lowest BCUT2D eigenvalue weighted by Gasteiger charge is -2.27. The van der Waals surface area contributed by atoms with Crippen LogP contribution in [0.5, 0.6) is 0 Å². The van der Waals surface area contributed by atoms with Crippen LogP contribution in [0.4, 0.5) is 5.69 Å². The molecule has 2 aromatic rings. The molecule has 134 valence electrons. The van der Waals surface area contributed by atoms with Gasteiger partial charge in [-0.15, -0.1) is 0 Å². The van der Waals surface area contributed by atoms with Crippen LogP contribution in [0.3, 0.4) is 0 Å². The average Bonchev–Trinajstić information content (AvgIpc) is 2.96. The highest BCUT2D eigenvalue weighted by Crippen LogP contribution is 2.43. The van der Waals surface area contributed by atoms with Crippen molar-refractivity contribution in [3.05, 3.63) is 45.6 Å². The Morgan fingerprint density at radius 3 is 2.72 bits per heavy atom. The second kappa shape index (κ2) is 6.59. The zero-order valence-electron chi connectivity index (χ0n) is 15.2. The van der Waals surface area contributed by atoms with Gasteiger partial charge in [-0.2, -0.15) is 5.10 Å². The fraction of sp³-hybridized carbons (Fsp3) is 0.526. The second-order valence-electron chi connectivity index (χ2n) is 7.73. The molecule has 1 aromatic carbocycles. The predicted molar refractivity (Wildman–Crippen MR) is 98.7 cm³/mol. The van der Waals surface area contributed by atoms with Crippen LogP contribution in [-0.2, 0) is 12.0 Å². The van der Waals surface area contributed by atoms with Gasteiger partial charge in [0.2, 0.25) is 0 Å². The summed E-state index contributed by atoms with van der Waals surface area (Å²) in [6.45, 7) is 6.98. The van der Waals surface area contributed by atoms with E-state index in [9.17, 15) is 10.1 Å². The fourth-order valence-electron chi connectivity index (χ4n) is 3.87. The highest BCUT2D eigenvalue weighted by atomic mass is 16.6. The molecule has 1 aromatic heterocycles. The zero-order valence-corrected chi connectivity index (χ0v) is 15.2. The van der Waals surface area contributed by atoms with E-state index in [-0.39, 0.29) is 16.1 Å². The molecular formula is C19H26N4O2. The van der Waals surface area contributed by atoms with Crippen LogP contribution in [0.1, 0.15) is 57.2 Å². The molecule has 1 aliphatic rings. The van der Waals surface area contributed by atoms with Crippen LogP contribution >= 0.6 is 0 Å². The highest BCUT2D eigenvalue weighted by molar-refractivity contribution is 5.74. The number of nitrogens with zero attached hydrogens (tertiary/aromatic N) is 3. The lowest BCUT2D eigenvalue weighted by molar-refractivity contribution is -0.384. The van der Waals surface area contributed by atoms with Crippen molar-refractivity contribution >= 4 is 5.69 Å². The van der Waals surface area contributed by atoms with Crippen molar-refractivity contribution < 1.29 is 4.92 Å². The van der Waals surface area contributed by atoms with Crippen molar-refractivity contribution in [2.24, 2.45) is 5.73 Å². The molecule has 25 heavy (non-hydrogen) atoms. The Labute approximate surface area is 148 Å². The van der Waals surface area contributed by atoms with Gasteiger partial charge in [-0.1, -0.05) is 12.1 Å². The van der Waals surface area contributed by atoms with E-state index in [2.05, 4.69) is 25.5 Å². The zero-order chi connectivity index (χ0) is 18.2. The summed E-state index contributed by atoms with van der Waals surface area (Å²) in [4.78, 5) is 11.2. The van der Waals surface area contributed by atoms with Gasteiger partial charge in [-0.05, 0) is 65.0 Å². The van der Waals surface area contributed by atoms with E-state index in [0.29, 0.717) is 18.0 Å². The maximum absolute atomic E-state index is 11.5. The predicted octanol–water partition coefficient (Wildman–Crippen LogP) is 3.98. The van der Waals surface area contributed by atoms with Crippen LogP contribution in [0.25, 0.3) is 11.3 Å². The topological polar surface area (TPSA) is 87.0 Å². The summed E-state index contributed by atoms with van der Waals surface area (Å²) in [5.41, 5.74) is 9.53. The number of hydrogen-bond acceptors (Lipinski definition) is 4. The number of hydrogen-bond donors (Lipinski definition) is 1. The maximum Gasteiger partial charge on any atom is 0.278 e. The Morgan fingerprint density at radius 1 is 1.36 bits per heavy atom. The summed E-state index contributed by atoms with van der Waals surface area (Å²) >= 11 is 0. The van der Waals surface area contributed by atoms with Crippen LogP contribution in [0.2, 0.25) is 0 Å². The summed E-state index contributed by atoms with van der Waals surface area (Å²) < 4.78 is 2.07. The molecule has 1 unspecified atom stereocenters. The standard InChI is InChI=1S/C19H26N4O2/c1-19(2,3)22-16-10-6-7-13(11-12-20)17(16)18(21-22)14-8-4-5-9-15(14)23(24)25/h4-5,8-9,13H,6-7,10-12,20H2,1-3H3. The van der Waals surface area contributed by atoms with Gasteiger partial charge in [0.1, 0.15) is 5.69 Å². The third-order valence-electron chi connectivity index (χ3n) is 4.90. The first-order valence-corrected chi connectivity index (χ1v) is 8.90. The van der Waals surface area contributed by atoms with Gasteiger partial charge >= 0.3 is 0 Å². The molecule has 6 nitrogen and oxygen atoms in total. The molecule has 1 atom stereocenters. The van der Waals surface area contributed by atoms with E-state index in [1.165, 1.54) is 11.3 Å². The van der Waals surface area contributed by atoms with Gasteiger partial charge in [0.05, 0.1) is 16.0 Å². The Balaban J connectivity index is 2.27. The summed E-state index contributed by atoms with van der Waals surface area (Å²) in [5, 5.41) is 16.4. The van der Waals surface area contributed by atoms with Crippen LogP contribution in [0.15, 0.2) is 24.3 Å². The molecule has 3 rings (SSSR count). The lowest BCUT2D eigenvalue weighted by atomic mass is 9.81. The van der Waals surface area contributed by atoms with Gasteiger partial charge in [-0.25, -0.2) is 0 Å². The quantitative estimate of drug-likeness (QED) is 0.672. The molecule has 0 aliphatic heterocycles. The monoisotopic (exact) mass is 342 g/mol. The van der Waals surface area contributed by atoms with E-state index in [1.54, 1.807) is 12.1 Å². The minimum absolute atomic E-state index is 0.112. The first kappa shape index (κ1) is 17.6. The van der Waals surface area contributed by atoms with Crippen molar-refractivity contribution in [2.75, 3.05) is 6.54 Å². The SMILES string of the molecule is CC(C)(C)n1nc(-c2ccccc2[N+](=O)[O-])c2c1CCCC2CCN. The molecule has 0 radical (unpaired) electrons. The Morgan fingerprint density at radius 2 is 2.08 bits per heavy atom. The third kappa shape index (κ3) is 3.18. The van der Waals surface area contributed by atoms with Gasteiger partial charge in [0.25, 0.3) is 5.69 Å². The van der Waals surface area contributed by atoms with Crippen molar-refractivity contribution in [3.63, 3.8) is 0 Å². The second-order valence-corrected chi connectivity index (χ2v) is 7.73. The Kier molecular flexibility index (Phi) is 4.64. The number of benzene rings is 1. The first-order chi connectivity index (χ1) is 11.8. The molecular weight excluding hydrogens is 316 g/mol. The maximum atomic E-state index is 11.5. The molecule has 0 spiro atoms. The van der Waals surface area contributed by atoms with Crippen molar-refractivity contribution in [3.8, 4) is 11.3 Å². The Bertz CT molecular complexity index is 789. The summed E-state index contributed by atoms with van der Waals surface area (Å²) in [6.07, 6.45) is 4.02. The smallest absolute Gasteiger partial charge is 0.278 e. The normalized spacial score (nSPS) is 17.4. The van der Waals surface area contributed by atoms with E-state index in [0.717, 1.165) is 31.4 Å². The van der Waals surface area contributed by atoms with Gasteiger partial charge < -0.3 is 5.73 Å². The van der Waals surface area contributed by atoms with E-state index < -0.39 is 0 Å². The van der Waals surface area contributed by atoms with Crippen molar-refractivity contribution in [1.29, 1.82) is 0 Å². The van der Waals surface area contributed by atoms with Gasteiger partial charge in [-0.3, -0.25) is 14.8 Å². The molecule has 0 fully saturated rings. The van der Waals surface area contributed by atoms with Crippen LogP contribution in [-0.4, -0.2) is 21.2 Å². The Hall–Kier alpha value is -2.21. The summed E-state index contributed by atoms with van der Waals surface area (Å²) in [7, 11) is 0. The highest BCUT2D eigenvalue weighted by Gasteiger charge is 2.33. The average molecular weight is 342 g/mol. The first-order valence-electron chi connectivity index (χ1n) is 8.90. The molecule has 0 bridgehead atoms.